The molecule has 1 aromatic heterocycles. The smallest absolute Gasteiger partial charge is 0.278 e. The highest BCUT2D eigenvalue weighted by atomic mass is 35.5. The first kappa shape index (κ1) is 10.9. The molecule has 5 heteroatoms. The van der Waals surface area contributed by atoms with E-state index in [2.05, 4.69) is 0 Å². The Morgan fingerprint density at radius 3 is 2.69 bits per heavy atom. The Bertz CT molecular complexity index is 596. The molecular formula is C11H7ClF2N2. The van der Waals surface area contributed by atoms with E-state index in [1.54, 1.807) is 13.1 Å². The number of aromatic nitrogens is 1. The van der Waals surface area contributed by atoms with E-state index in [-0.39, 0.29) is 10.7 Å². The molecule has 0 saturated carbocycles. The first-order chi connectivity index (χ1) is 7.56. The quantitative estimate of drug-likeness (QED) is 0.748. The Labute approximate surface area is 95.7 Å². The fourth-order valence-electron chi connectivity index (χ4n) is 1.69. The van der Waals surface area contributed by atoms with E-state index in [4.69, 9.17) is 16.9 Å². The molecule has 2 nitrogen and oxygen atoms in total. The van der Waals surface area contributed by atoms with Crippen LogP contribution in [0.2, 0.25) is 5.02 Å². The Morgan fingerprint density at radius 2 is 2.12 bits per heavy atom. The van der Waals surface area contributed by atoms with Crippen molar-refractivity contribution >= 4 is 22.5 Å². The van der Waals surface area contributed by atoms with Crippen molar-refractivity contribution in [1.29, 1.82) is 5.26 Å². The van der Waals surface area contributed by atoms with Gasteiger partial charge >= 0.3 is 0 Å². The molecular weight excluding hydrogens is 234 g/mol. The maximum absolute atomic E-state index is 12.7. The highest BCUT2D eigenvalue weighted by Crippen LogP contribution is 2.32. The minimum absolute atomic E-state index is 0.105. The number of benzene rings is 1. The van der Waals surface area contributed by atoms with Gasteiger partial charge in [-0.3, -0.25) is 0 Å². The highest BCUT2D eigenvalue weighted by molar-refractivity contribution is 6.36. The fraction of sp³-hybridized carbons (Fsp3) is 0.182. The van der Waals surface area contributed by atoms with Crippen LogP contribution in [0, 0.1) is 11.3 Å². The Hall–Kier alpha value is -1.60. The van der Waals surface area contributed by atoms with Crippen LogP contribution < -0.4 is 0 Å². The molecule has 0 bridgehead atoms. The Kier molecular flexibility index (Phi) is 2.56. The summed E-state index contributed by atoms with van der Waals surface area (Å²) in [6.07, 6.45) is -2.56. The van der Waals surface area contributed by atoms with Crippen LogP contribution in [0.5, 0.6) is 0 Å². The van der Waals surface area contributed by atoms with E-state index in [1.165, 1.54) is 16.7 Å². The number of hydrogen-bond acceptors (Lipinski definition) is 1. The van der Waals surface area contributed by atoms with Crippen molar-refractivity contribution < 1.29 is 8.78 Å². The third kappa shape index (κ3) is 1.44. The number of aryl methyl sites for hydroxylation is 1. The first-order valence-corrected chi connectivity index (χ1v) is 4.90. The van der Waals surface area contributed by atoms with Gasteiger partial charge in [-0.1, -0.05) is 11.6 Å². The zero-order valence-corrected chi connectivity index (χ0v) is 9.09. The summed E-state index contributed by atoms with van der Waals surface area (Å²) in [6.45, 7) is 0. The molecule has 0 aliphatic carbocycles. The van der Waals surface area contributed by atoms with Gasteiger partial charge in [0.05, 0.1) is 16.3 Å². The molecule has 0 radical (unpaired) electrons. The molecule has 2 rings (SSSR count). The van der Waals surface area contributed by atoms with Crippen LogP contribution in [0.1, 0.15) is 17.7 Å². The first-order valence-electron chi connectivity index (χ1n) is 4.52. The topological polar surface area (TPSA) is 28.7 Å². The predicted octanol–water partition coefficient (Wildman–Crippen LogP) is 3.64. The summed E-state index contributed by atoms with van der Waals surface area (Å²) < 4.78 is 26.7. The summed E-state index contributed by atoms with van der Waals surface area (Å²) >= 11 is 5.95. The second kappa shape index (κ2) is 3.76. The van der Waals surface area contributed by atoms with Gasteiger partial charge in [-0.15, -0.1) is 0 Å². The summed E-state index contributed by atoms with van der Waals surface area (Å²) in [5, 5.41) is 9.48. The lowest BCUT2D eigenvalue weighted by atomic mass is 10.2. The lowest BCUT2D eigenvalue weighted by Gasteiger charge is -2.02. The van der Waals surface area contributed by atoms with Gasteiger partial charge in [-0.05, 0) is 18.2 Å². The van der Waals surface area contributed by atoms with Gasteiger partial charge in [-0.25, -0.2) is 8.78 Å². The molecule has 0 atom stereocenters. The average molecular weight is 241 g/mol. The maximum atomic E-state index is 12.7. The van der Waals surface area contributed by atoms with Crippen molar-refractivity contribution in [3.63, 3.8) is 0 Å². The van der Waals surface area contributed by atoms with Crippen LogP contribution in [-0.4, -0.2) is 4.57 Å². The molecule has 0 unspecified atom stereocenters. The molecule has 0 spiro atoms. The summed E-state index contributed by atoms with van der Waals surface area (Å²) in [5.74, 6) is 0. The predicted molar refractivity (Wildman–Crippen MR) is 57.6 cm³/mol. The van der Waals surface area contributed by atoms with Crippen LogP contribution in [0.3, 0.4) is 0 Å². The van der Waals surface area contributed by atoms with Gasteiger partial charge in [0.2, 0.25) is 0 Å². The van der Waals surface area contributed by atoms with Crippen molar-refractivity contribution in [3.8, 4) is 6.07 Å². The molecule has 1 heterocycles. The normalized spacial score (nSPS) is 11.0. The number of hydrogen-bond donors (Lipinski definition) is 0. The van der Waals surface area contributed by atoms with Crippen molar-refractivity contribution in [2.75, 3.05) is 0 Å². The summed E-state index contributed by atoms with van der Waals surface area (Å²) in [4.78, 5) is 0. The SMILES string of the molecule is Cn1c(C(F)F)cc2c(Cl)c(C#N)ccc21. The van der Waals surface area contributed by atoms with Crippen LogP contribution in [0.4, 0.5) is 8.78 Å². The zero-order valence-electron chi connectivity index (χ0n) is 8.34. The van der Waals surface area contributed by atoms with Gasteiger partial charge in [0.15, 0.2) is 0 Å². The number of halogens is 3. The van der Waals surface area contributed by atoms with E-state index in [0.29, 0.717) is 16.5 Å². The molecule has 1 aromatic carbocycles. The maximum Gasteiger partial charge on any atom is 0.278 e. The zero-order chi connectivity index (χ0) is 11.9. The minimum Gasteiger partial charge on any atom is -0.343 e. The number of rotatable bonds is 1. The van der Waals surface area contributed by atoms with Gasteiger partial charge < -0.3 is 4.57 Å². The van der Waals surface area contributed by atoms with Crippen LogP contribution >= 0.6 is 11.6 Å². The van der Waals surface area contributed by atoms with Crippen molar-refractivity contribution in [2.45, 2.75) is 6.43 Å². The molecule has 16 heavy (non-hydrogen) atoms. The molecule has 0 fully saturated rings. The number of nitriles is 1. The largest absolute Gasteiger partial charge is 0.343 e. The lowest BCUT2D eigenvalue weighted by molar-refractivity contribution is 0.143. The molecule has 82 valence electrons. The second-order valence-electron chi connectivity index (χ2n) is 3.40. The number of fused-ring (bicyclic) bond motifs is 1. The van der Waals surface area contributed by atoms with Gasteiger partial charge in [0, 0.05) is 18.0 Å². The van der Waals surface area contributed by atoms with E-state index in [9.17, 15) is 8.78 Å². The van der Waals surface area contributed by atoms with Gasteiger partial charge in [0.25, 0.3) is 6.43 Å². The number of alkyl halides is 2. The standard InChI is InChI=1S/C11H7ClF2N2/c1-16-8-3-2-6(5-15)10(12)7(8)4-9(16)11(13)14/h2-4,11H,1H3. The molecule has 0 aliphatic rings. The van der Waals surface area contributed by atoms with Crippen LogP contribution in [0.15, 0.2) is 18.2 Å². The van der Waals surface area contributed by atoms with Gasteiger partial charge in [0.1, 0.15) is 6.07 Å². The van der Waals surface area contributed by atoms with Crippen LogP contribution in [-0.2, 0) is 7.05 Å². The van der Waals surface area contributed by atoms with Crippen LogP contribution in [0.25, 0.3) is 10.9 Å². The average Bonchev–Trinajstić information content (AvgIpc) is 2.58. The monoisotopic (exact) mass is 240 g/mol. The van der Waals surface area contributed by atoms with Crippen molar-refractivity contribution in [1.82, 2.24) is 4.57 Å². The summed E-state index contributed by atoms with van der Waals surface area (Å²) in [5.41, 5.74) is 0.784. The Morgan fingerprint density at radius 1 is 1.44 bits per heavy atom. The minimum atomic E-state index is -2.56. The molecule has 0 N–H and O–H groups in total. The second-order valence-corrected chi connectivity index (χ2v) is 3.78. The Balaban J connectivity index is 2.82. The fourth-order valence-corrected chi connectivity index (χ4v) is 1.95. The van der Waals surface area contributed by atoms with E-state index in [0.717, 1.165) is 0 Å². The third-order valence-electron chi connectivity index (χ3n) is 2.54. The third-order valence-corrected chi connectivity index (χ3v) is 2.95. The lowest BCUT2D eigenvalue weighted by Crippen LogP contribution is -1.95. The molecule has 2 aromatic rings. The van der Waals surface area contributed by atoms with Gasteiger partial charge in [-0.2, -0.15) is 5.26 Å². The molecule has 0 aliphatic heterocycles. The van der Waals surface area contributed by atoms with E-state index in [1.807, 2.05) is 6.07 Å². The summed E-state index contributed by atoms with van der Waals surface area (Å²) in [7, 11) is 1.55. The van der Waals surface area contributed by atoms with E-state index >= 15 is 0 Å². The van der Waals surface area contributed by atoms with Crippen molar-refractivity contribution in [3.05, 3.63) is 34.5 Å². The van der Waals surface area contributed by atoms with Crippen molar-refractivity contribution in [2.24, 2.45) is 7.05 Å². The number of nitrogens with zero attached hydrogens (tertiary/aromatic N) is 2. The molecule has 0 amide bonds. The molecule has 0 saturated heterocycles. The van der Waals surface area contributed by atoms with E-state index < -0.39 is 6.43 Å². The summed E-state index contributed by atoms with van der Waals surface area (Å²) in [6, 6.07) is 6.38. The highest BCUT2D eigenvalue weighted by Gasteiger charge is 2.17.